The third-order valence-electron chi connectivity index (χ3n) is 3.25. The number of piperidine rings is 1. The van der Waals surface area contributed by atoms with Crippen LogP contribution in [0.25, 0.3) is 0 Å². The largest absolute Gasteiger partial charge is 0.465 e. The molecular weight excluding hydrogens is 222 g/mol. The highest BCUT2D eigenvalue weighted by Crippen LogP contribution is 2.32. The molecule has 2 rings (SSSR count). The van der Waals surface area contributed by atoms with Gasteiger partial charge in [-0.1, -0.05) is 30.3 Å². The highest BCUT2D eigenvalue weighted by atomic mass is 16.4. The van der Waals surface area contributed by atoms with Crippen LogP contribution >= 0.6 is 0 Å². The number of hydrogen-bond acceptors (Lipinski definition) is 3. The summed E-state index contributed by atoms with van der Waals surface area (Å²) in [5, 5.41) is 29.2. The van der Waals surface area contributed by atoms with Gasteiger partial charge in [0, 0.05) is 13.0 Å². The molecular formula is C12H15NO4. The third-order valence-corrected chi connectivity index (χ3v) is 3.25. The Morgan fingerprint density at radius 2 is 2.00 bits per heavy atom. The van der Waals surface area contributed by atoms with E-state index in [4.69, 9.17) is 5.11 Å². The van der Waals surface area contributed by atoms with Crippen molar-refractivity contribution in [3.8, 4) is 0 Å². The topological polar surface area (TPSA) is 81.0 Å². The van der Waals surface area contributed by atoms with Crippen LogP contribution in [0.5, 0.6) is 0 Å². The summed E-state index contributed by atoms with van der Waals surface area (Å²) < 4.78 is 0. The smallest absolute Gasteiger partial charge is 0.407 e. The van der Waals surface area contributed by atoms with Crippen LogP contribution in [-0.2, 0) is 5.60 Å². The third kappa shape index (κ3) is 2.11. The van der Waals surface area contributed by atoms with Crippen LogP contribution < -0.4 is 0 Å². The molecule has 1 heterocycles. The first-order valence-electron chi connectivity index (χ1n) is 5.48. The number of likely N-dealkylation sites (tertiary alicyclic amines) is 1. The van der Waals surface area contributed by atoms with Gasteiger partial charge in [-0.15, -0.1) is 0 Å². The van der Waals surface area contributed by atoms with Crippen molar-refractivity contribution in [2.75, 3.05) is 13.1 Å². The van der Waals surface area contributed by atoms with Crippen LogP contribution in [0.2, 0.25) is 0 Å². The van der Waals surface area contributed by atoms with Crippen LogP contribution in [0.4, 0.5) is 4.79 Å². The quantitative estimate of drug-likeness (QED) is 0.668. The number of amides is 1. The Bertz CT molecular complexity index is 408. The van der Waals surface area contributed by atoms with Crippen LogP contribution in [0.15, 0.2) is 30.3 Å². The number of rotatable bonds is 1. The summed E-state index contributed by atoms with van der Waals surface area (Å²) in [5.74, 6) is 0. The normalized spacial score (nSPS) is 29.1. The molecule has 5 nitrogen and oxygen atoms in total. The van der Waals surface area contributed by atoms with E-state index in [9.17, 15) is 15.0 Å². The van der Waals surface area contributed by atoms with Crippen molar-refractivity contribution in [1.82, 2.24) is 4.90 Å². The Balaban J connectivity index is 2.21. The average Bonchev–Trinajstić information content (AvgIpc) is 2.33. The van der Waals surface area contributed by atoms with E-state index in [-0.39, 0.29) is 19.5 Å². The molecule has 1 aromatic rings. The minimum absolute atomic E-state index is 0.0687. The summed E-state index contributed by atoms with van der Waals surface area (Å²) in [5.41, 5.74) is -0.731. The molecule has 0 radical (unpaired) electrons. The SMILES string of the molecule is O=C(O)N1CC[C@@](O)(c2ccccc2)[C@H](O)C1. The van der Waals surface area contributed by atoms with E-state index < -0.39 is 17.8 Å². The number of β-amino-alcohol motifs (C(OH)–C–C–N with tert-alkyl or cyclic N) is 1. The van der Waals surface area contributed by atoms with Gasteiger partial charge in [-0.05, 0) is 5.56 Å². The van der Waals surface area contributed by atoms with Gasteiger partial charge in [0.05, 0.1) is 6.54 Å². The Morgan fingerprint density at radius 3 is 2.53 bits per heavy atom. The fraction of sp³-hybridized carbons (Fsp3) is 0.417. The van der Waals surface area contributed by atoms with Crippen LogP contribution in [-0.4, -0.2) is 45.5 Å². The number of nitrogens with zero attached hydrogens (tertiary/aromatic N) is 1. The van der Waals surface area contributed by atoms with E-state index in [0.29, 0.717) is 5.56 Å². The maximum absolute atomic E-state index is 10.8. The van der Waals surface area contributed by atoms with Crippen molar-refractivity contribution in [3.63, 3.8) is 0 Å². The van der Waals surface area contributed by atoms with Gasteiger partial charge in [-0.3, -0.25) is 0 Å². The van der Waals surface area contributed by atoms with E-state index >= 15 is 0 Å². The molecule has 92 valence electrons. The Hall–Kier alpha value is -1.59. The van der Waals surface area contributed by atoms with Crippen molar-refractivity contribution in [1.29, 1.82) is 0 Å². The summed E-state index contributed by atoms with van der Waals surface area (Å²) in [6.45, 7) is 0.151. The van der Waals surface area contributed by atoms with E-state index in [0.717, 1.165) is 4.90 Å². The number of aliphatic hydroxyl groups is 2. The lowest BCUT2D eigenvalue weighted by Crippen LogP contribution is -2.54. The molecule has 0 spiro atoms. The molecule has 0 saturated carbocycles. The van der Waals surface area contributed by atoms with Crippen molar-refractivity contribution < 1.29 is 20.1 Å². The zero-order valence-corrected chi connectivity index (χ0v) is 9.28. The van der Waals surface area contributed by atoms with Crippen molar-refractivity contribution in [2.45, 2.75) is 18.1 Å². The maximum atomic E-state index is 10.8. The lowest BCUT2D eigenvalue weighted by molar-refractivity contribution is -0.119. The zero-order chi connectivity index (χ0) is 12.5. The summed E-state index contributed by atoms with van der Waals surface area (Å²) in [4.78, 5) is 11.9. The molecule has 17 heavy (non-hydrogen) atoms. The summed E-state index contributed by atoms with van der Waals surface area (Å²) in [7, 11) is 0. The molecule has 1 aliphatic rings. The predicted molar refractivity (Wildman–Crippen MR) is 60.6 cm³/mol. The minimum Gasteiger partial charge on any atom is -0.465 e. The summed E-state index contributed by atoms with van der Waals surface area (Å²) in [6.07, 6.45) is -1.97. The van der Waals surface area contributed by atoms with E-state index in [1.54, 1.807) is 24.3 Å². The Labute approximate surface area is 98.9 Å². The first-order chi connectivity index (χ1) is 8.04. The predicted octanol–water partition coefficient (Wildman–Crippen LogP) is 0.619. The Morgan fingerprint density at radius 1 is 1.35 bits per heavy atom. The molecule has 1 aromatic carbocycles. The first kappa shape index (κ1) is 11.9. The van der Waals surface area contributed by atoms with E-state index in [1.807, 2.05) is 6.07 Å². The minimum atomic E-state index is -1.35. The lowest BCUT2D eigenvalue weighted by Gasteiger charge is -2.41. The Kier molecular flexibility index (Phi) is 3.04. The van der Waals surface area contributed by atoms with Gasteiger partial charge >= 0.3 is 6.09 Å². The molecule has 3 N–H and O–H groups in total. The highest BCUT2D eigenvalue weighted by Gasteiger charge is 2.43. The number of benzene rings is 1. The molecule has 2 atom stereocenters. The fourth-order valence-electron chi connectivity index (χ4n) is 2.16. The highest BCUT2D eigenvalue weighted by molar-refractivity contribution is 5.65. The second-order valence-electron chi connectivity index (χ2n) is 4.28. The second kappa shape index (κ2) is 4.35. The number of aliphatic hydroxyl groups excluding tert-OH is 1. The fourth-order valence-corrected chi connectivity index (χ4v) is 2.16. The van der Waals surface area contributed by atoms with Crippen molar-refractivity contribution in [2.24, 2.45) is 0 Å². The van der Waals surface area contributed by atoms with Gasteiger partial charge < -0.3 is 20.2 Å². The van der Waals surface area contributed by atoms with Crippen LogP contribution in [0, 0.1) is 0 Å². The molecule has 0 aromatic heterocycles. The molecule has 0 aliphatic carbocycles. The molecule has 0 bridgehead atoms. The van der Waals surface area contributed by atoms with Gasteiger partial charge in [-0.25, -0.2) is 4.79 Å². The second-order valence-corrected chi connectivity index (χ2v) is 4.28. The number of hydrogen-bond donors (Lipinski definition) is 3. The van der Waals surface area contributed by atoms with Gasteiger partial charge in [0.1, 0.15) is 11.7 Å². The van der Waals surface area contributed by atoms with Gasteiger partial charge in [-0.2, -0.15) is 0 Å². The number of carboxylic acid groups (broad SMARTS) is 1. The van der Waals surface area contributed by atoms with Gasteiger partial charge in [0.15, 0.2) is 0 Å². The standard InChI is InChI=1S/C12H15NO4/c14-10-8-13(11(15)16)7-6-12(10,17)9-4-2-1-3-5-9/h1-5,10,14,17H,6-8H2,(H,15,16)/t10-,12-/m1/s1. The molecule has 1 fully saturated rings. The molecule has 1 amide bonds. The van der Waals surface area contributed by atoms with Crippen molar-refractivity contribution in [3.05, 3.63) is 35.9 Å². The molecule has 1 saturated heterocycles. The lowest BCUT2D eigenvalue weighted by atomic mass is 9.82. The number of carbonyl (C=O) groups is 1. The van der Waals surface area contributed by atoms with Crippen LogP contribution in [0.3, 0.4) is 0 Å². The molecule has 0 unspecified atom stereocenters. The van der Waals surface area contributed by atoms with Crippen LogP contribution in [0.1, 0.15) is 12.0 Å². The maximum Gasteiger partial charge on any atom is 0.407 e. The summed E-state index contributed by atoms with van der Waals surface area (Å²) >= 11 is 0. The monoisotopic (exact) mass is 237 g/mol. The zero-order valence-electron chi connectivity index (χ0n) is 9.28. The summed E-state index contributed by atoms with van der Waals surface area (Å²) in [6, 6.07) is 8.86. The van der Waals surface area contributed by atoms with Gasteiger partial charge in [0.25, 0.3) is 0 Å². The van der Waals surface area contributed by atoms with Crippen molar-refractivity contribution >= 4 is 6.09 Å². The first-order valence-corrected chi connectivity index (χ1v) is 5.48. The average molecular weight is 237 g/mol. The molecule has 1 aliphatic heterocycles. The van der Waals surface area contributed by atoms with E-state index in [1.165, 1.54) is 0 Å². The van der Waals surface area contributed by atoms with E-state index in [2.05, 4.69) is 0 Å². The van der Waals surface area contributed by atoms with Gasteiger partial charge in [0.2, 0.25) is 0 Å². The molecule has 5 heteroatoms.